The fraction of sp³-hybridized carbons (Fsp3) is 0.364. The minimum atomic E-state index is -5.08. The first-order chi connectivity index (χ1) is 15.8. The number of aryl methyl sites for hydroxylation is 1. The highest BCUT2D eigenvalue weighted by molar-refractivity contribution is 7.92. The molecule has 2 aromatic rings. The Morgan fingerprint density at radius 1 is 0.971 bits per heavy atom. The lowest BCUT2D eigenvalue weighted by molar-refractivity contribution is -0.192. The van der Waals surface area contributed by atoms with E-state index in [0.29, 0.717) is 5.69 Å². The van der Waals surface area contributed by atoms with Gasteiger partial charge in [-0.05, 0) is 55.7 Å². The molecule has 0 unspecified atom stereocenters. The van der Waals surface area contributed by atoms with Crippen LogP contribution in [-0.4, -0.2) is 49.8 Å². The first-order valence-corrected chi connectivity index (χ1v) is 11.8. The number of benzene rings is 2. The van der Waals surface area contributed by atoms with Crippen LogP contribution >= 0.6 is 0 Å². The summed E-state index contributed by atoms with van der Waals surface area (Å²) < 4.78 is 59.4. The van der Waals surface area contributed by atoms with Crippen LogP contribution in [0.3, 0.4) is 0 Å². The van der Waals surface area contributed by atoms with E-state index >= 15 is 0 Å². The molecule has 2 aromatic carbocycles. The topological polar surface area (TPSA) is 124 Å². The van der Waals surface area contributed by atoms with Crippen molar-refractivity contribution in [3.63, 3.8) is 0 Å². The average Bonchev–Trinajstić information content (AvgIpc) is 3.02. The van der Waals surface area contributed by atoms with Gasteiger partial charge in [-0.2, -0.15) is 13.2 Å². The van der Waals surface area contributed by atoms with Crippen LogP contribution < -0.4 is 9.62 Å². The molecule has 186 valence electrons. The number of alkyl halides is 3. The number of anilines is 2. The molecule has 1 aliphatic heterocycles. The predicted octanol–water partition coefficient (Wildman–Crippen LogP) is 4.51. The Labute approximate surface area is 195 Å². The van der Waals surface area contributed by atoms with Crippen molar-refractivity contribution in [1.29, 1.82) is 0 Å². The van der Waals surface area contributed by atoms with E-state index in [1.54, 1.807) is 24.3 Å². The number of carboxylic acid groups (broad SMARTS) is 2. The Hall–Kier alpha value is -3.28. The van der Waals surface area contributed by atoms with E-state index in [0.717, 1.165) is 44.3 Å². The third-order valence-electron chi connectivity index (χ3n) is 4.97. The Morgan fingerprint density at radius 3 is 2.06 bits per heavy atom. The van der Waals surface area contributed by atoms with Crippen molar-refractivity contribution in [1.82, 2.24) is 0 Å². The zero-order valence-corrected chi connectivity index (χ0v) is 19.1. The van der Waals surface area contributed by atoms with E-state index in [2.05, 4.69) is 9.62 Å². The summed E-state index contributed by atoms with van der Waals surface area (Å²) in [5, 5.41) is 16.8. The standard InChI is InChI=1S/C20H24N2O4S.C2HF3O2/c1-15-7-6-8-17(13-15)27(25,26)21-16-9-10-19(18(14-16)20(23)24)22-11-4-2-3-5-12-22;3-2(4,5)1(6)7/h6-10,13-14,21H,2-5,11-12H2,1H3,(H,23,24);(H,6,7). The van der Waals surface area contributed by atoms with Gasteiger partial charge in [0.1, 0.15) is 0 Å². The molecule has 0 aromatic heterocycles. The summed E-state index contributed by atoms with van der Waals surface area (Å²) in [5.41, 5.74) is 1.83. The molecule has 3 rings (SSSR count). The van der Waals surface area contributed by atoms with Crippen LogP contribution in [0, 0.1) is 6.92 Å². The minimum absolute atomic E-state index is 0.112. The number of sulfonamides is 1. The van der Waals surface area contributed by atoms with Gasteiger partial charge in [-0.15, -0.1) is 0 Å². The number of aliphatic carboxylic acids is 1. The number of carbonyl (C=O) groups is 2. The summed E-state index contributed by atoms with van der Waals surface area (Å²) in [6, 6.07) is 11.3. The maximum Gasteiger partial charge on any atom is 0.490 e. The quantitative estimate of drug-likeness (QED) is 0.550. The summed E-state index contributed by atoms with van der Waals surface area (Å²) in [6.45, 7) is 3.45. The number of hydrogen-bond donors (Lipinski definition) is 3. The molecule has 0 spiro atoms. The molecule has 8 nitrogen and oxygen atoms in total. The van der Waals surface area contributed by atoms with Gasteiger partial charge in [0.2, 0.25) is 0 Å². The van der Waals surface area contributed by atoms with E-state index in [-0.39, 0.29) is 16.1 Å². The van der Waals surface area contributed by atoms with Crippen LogP contribution in [0.2, 0.25) is 0 Å². The fourth-order valence-electron chi connectivity index (χ4n) is 3.35. The highest BCUT2D eigenvalue weighted by Gasteiger charge is 2.38. The van der Waals surface area contributed by atoms with Crippen molar-refractivity contribution in [2.45, 2.75) is 43.7 Å². The maximum atomic E-state index is 12.6. The number of carboxylic acids is 2. The smallest absolute Gasteiger partial charge is 0.478 e. The second-order valence-electron chi connectivity index (χ2n) is 7.66. The van der Waals surface area contributed by atoms with Crippen molar-refractivity contribution >= 4 is 33.3 Å². The largest absolute Gasteiger partial charge is 0.490 e. The predicted molar refractivity (Wildman–Crippen MR) is 120 cm³/mol. The van der Waals surface area contributed by atoms with Gasteiger partial charge in [-0.3, -0.25) is 4.72 Å². The lowest BCUT2D eigenvalue weighted by Crippen LogP contribution is -2.26. The lowest BCUT2D eigenvalue weighted by atomic mass is 10.1. The van der Waals surface area contributed by atoms with E-state index < -0.39 is 28.1 Å². The molecule has 3 N–H and O–H groups in total. The third-order valence-corrected chi connectivity index (χ3v) is 6.35. The molecule has 0 atom stereocenters. The Kier molecular flexibility index (Phi) is 8.91. The number of aromatic carboxylic acids is 1. The molecule has 1 aliphatic rings. The van der Waals surface area contributed by atoms with Crippen LogP contribution in [0.25, 0.3) is 0 Å². The molecule has 0 bridgehead atoms. The molecule has 0 saturated carbocycles. The van der Waals surface area contributed by atoms with Crippen molar-refractivity contribution in [2.75, 3.05) is 22.7 Å². The third kappa shape index (κ3) is 7.65. The Bertz CT molecular complexity index is 1130. The van der Waals surface area contributed by atoms with Crippen LogP contribution in [0.1, 0.15) is 41.6 Å². The maximum absolute atomic E-state index is 12.6. The summed E-state index contributed by atoms with van der Waals surface area (Å²) in [5.74, 6) is -3.82. The molecule has 0 amide bonds. The van der Waals surface area contributed by atoms with Gasteiger partial charge in [0.15, 0.2) is 0 Å². The van der Waals surface area contributed by atoms with Crippen molar-refractivity contribution in [3.8, 4) is 0 Å². The van der Waals surface area contributed by atoms with Gasteiger partial charge < -0.3 is 15.1 Å². The molecule has 34 heavy (non-hydrogen) atoms. The van der Waals surface area contributed by atoms with Crippen LogP contribution in [-0.2, 0) is 14.8 Å². The molecule has 0 aliphatic carbocycles. The SMILES string of the molecule is Cc1cccc(S(=O)(=O)Nc2ccc(N3CCCCCC3)c(C(=O)O)c2)c1.O=C(O)C(F)(F)F. The summed E-state index contributed by atoms with van der Waals surface area (Å²) >= 11 is 0. The molecule has 12 heteroatoms. The van der Waals surface area contributed by atoms with Crippen molar-refractivity contribution < 1.29 is 41.4 Å². The van der Waals surface area contributed by atoms with Crippen molar-refractivity contribution in [3.05, 3.63) is 53.6 Å². The number of halogens is 3. The zero-order chi connectivity index (χ0) is 25.5. The van der Waals surface area contributed by atoms with E-state index in [1.807, 2.05) is 13.0 Å². The zero-order valence-electron chi connectivity index (χ0n) is 18.3. The second-order valence-corrected chi connectivity index (χ2v) is 9.35. The monoisotopic (exact) mass is 502 g/mol. The number of hydrogen-bond acceptors (Lipinski definition) is 5. The highest BCUT2D eigenvalue weighted by atomic mass is 32.2. The molecule has 1 saturated heterocycles. The van der Waals surface area contributed by atoms with Gasteiger partial charge in [0.25, 0.3) is 10.0 Å². The number of rotatable bonds is 5. The fourth-order valence-corrected chi connectivity index (χ4v) is 4.51. The molecule has 0 radical (unpaired) electrons. The average molecular weight is 503 g/mol. The molecular weight excluding hydrogens is 477 g/mol. The van der Waals surface area contributed by atoms with Crippen LogP contribution in [0.4, 0.5) is 24.5 Å². The molecule has 1 fully saturated rings. The minimum Gasteiger partial charge on any atom is -0.478 e. The van der Waals surface area contributed by atoms with Gasteiger partial charge in [-0.25, -0.2) is 18.0 Å². The highest BCUT2D eigenvalue weighted by Crippen LogP contribution is 2.28. The molecular formula is C22H25F3N2O6S. The number of nitrogens with zero attached hydrogens (tertiary/aromatic N) is 1. The summed E-state index contributed by atoms with van der Waals surface area (Å²) in [6.07, 6.45) is -0.734. The van der Waals surface area contributed by atoms with Crippen LogP contribution in [0.15, 0.2) is 47.4 Å². The summed E-state index contributed by atoms with van der Waals surface area (Å²) in [7, 11) is -3.78. The van der Waals surface area contributed by atoms with Gasteiger partial charge >= 0.3 is 18.1 Å². The van der Waals surface area contributed by atoms with E-state index in [1.165, 1.54) is 12.1 Å². The first-order valence-electron chi connectivity index (χ1n) is 10.3. The second kappa shape index (κ2) is 11.2. The molecule has 1 heterocycles. The Morgan fingerprint density at radius 2 is 1.56 bits per heavy atom. The van der Waals surface area contributed by atoms with Crippen LogP contribution in [0.5, 0.6) is 0 Å². The van der Waals surface area contributed by atoms with Gasteiger partial charge in [0.05, 0.1) is 16.1 Å². The normalized spacial score (nSPS) is 14.4. The Balaban J connectivity index is 0.000000509. The first kappa shape index (κ1) is 27.0. The summed E-state index contributed by atoms with van der Waals surface area (Å²) in [4.78, 5) is 22.9. The van der Waals surface area contributed by atoms with Gasteiger partial charge in [-0.1, -0.05) is 25.0 Å². The lowest BCUT2D eigenvalue weighted by Gasteiger charge is -2.24. The van der Waals surface area contributed by atoms with E-state index in [4.69, 9.17) is 9.90 Å². The van der Waals surface area contributed by atoms with Gasteiger partial charge in [0, 0.05) is 18.8 Å². The van der Waals surface area contributed by atoms with Crippen molar-refractivity contribution in [2.24, 2.45) is 0 Å². The van der Waals surface area contributed by atoms with E-state index in [9.17, 15) is 31.5 Å². The number of nitrogens with one attached hydrogen (secondary N) is 1.